The van der Waals surface area contributed by atoms with E-state index < -0.39 is 5.72 Å². The number of morpholine rings is 1. The fraction of sp³-hybridized carbons (Fsp3) is 0.600. The average Bonchev–Trinajstić information content (AvgIpc) is 2.91. The van der Waals surface area contributed by atoms with Gasteiger partial charge in [0.05, 0.1) is 18.2 Å². The molecule has 4 rings (SSSR count). The van der Waals surface area contributed by atoms with E-state index in [1.54, 1.807) is 0 Å². The van der Waals surface area contributed by atoms with Gasteiger partial charge in [-0.1, -0.05) is 36.4 Å². The van der Waals surface area contributed by atoms with Crippen LogP contribution in [0.25, 0.3) is 0 Å². The summed E-state index contributed by atoms with van der Waals surface area (Å²) in [5.74, 6) is 0. The largest absolute Gasteiger partial charge is 0.357 e. The molecule has 3 aliphatic rings. The maximum atomic E-state index is 6.82. The topological polar surface area (TPSA) is 38.5 Å². The van der Waals surface area contributed by atoms with E-state index in [4.69, 9.17) is 10.5 Å². The molecule has 1 spiro atoms. The Hall–Kier alpha value is -1.16. The fourth-order valence-electron chi connectivity index (χ4n) is 5.44. The zero-order chi connectivity index (χ0) is 15.9. The van der Waals surface area contributed by atoms with Crippen molar-refractivity contribution in [3.05, 3.63) is 48.6 Å². The van der Waals surface area contributed by atoms with Crippen molar-refractivity contribution in [2.75, 3.05) is 6.61 Å². The van der Waals surface area contributed by atoms with Crippen LogP contribution in [-0.2, 0) is 4.74 Å². The number of benzene rings is 1. The number of nitrogens with two attached hydrogens (primary N) is 1. The molecule has 0 unspecified atom stereocenters. The molecule has 4 atom stereocenters. The first-order valence-corrected chi connectivity index (χ1v) is 9.07. The quantitative estimate of drug-likeness (QED) is 0.864. The second-order valence-corrected chi connectivity index (χ2v) is 7.49. The highest BCUT2D eigenvalue weighted by atomic mass is 16.5. The van der Waals surface area contributed by atoms with Gasteiger partial charge in [-0.2, -0.15) is 0 Å². The van der Waals surface area contributed by atoms with Crippen LogP contribution in [0.1, 0.15) is 56.6 Å². The van der Waals surface area contributed by atoms with Crippen LogP contribution in [0.4, 0.5) is 0 Å². The van der Waals surface area contributed by atoms with Gasteiger partial charge in [-0.15, -0.1) is 6.58 Å². The minimum atomic E-state index is -0.460. The van der Waals surface area contributed by atoms with E-state index in [1.807, 2.05) is 0 Å². The zero-order valence-electron chi connectivity index (χ0n) is 13.9. The Balaban J connectivity index is 1.78. The fourth-order valence-corrected chi connectivity index (χ4v) is 5.44. The number of ether oxygens (including phenoxy) is 1. The van der Waals surface area contributed by atoms with Crippen molar-refractivity contribution in [2.45, 2.75) is 68.3 Å². The molecule has 2 saturated heterocycles. The molecule has 1 saturated carbocycles. The van der Waals surface area contributed by atoms with Crippen molar-refractivity contribution in [3.63, 3.8) is 0 Å². The first kappa shape index (κ1) is 15.4. The molecule has 2 N–H and O–H groups in total. The maximum absolute atomic E-state index is 6.82. The van der Waals surface area contributed by atoms with Gasteiger partial charge in [-0.25, -0.2) is 0 Å². The third-order valence-corrected chi connectivity index (χ3v) is 6.40. The average molecular weight is 312 g/mol. The highest BCUT2D eigenvalue weighted by Gasteiger charge is 2.63. The third-order valence-electron chi connectivity index (χ3n) is 6.40. The summed E-state index contributed by atoms with van der Waals surface area (Å²) < 4.78 is 6.35. The highest BCUT2D eigenvalue weighted by molar-refractivity contribution is 5.25. The normalized spacial score (nSPS) is 40.4. The number of nitrogens with zero attached hydrogens (tertiary/aromatic N) is 1. The van der Waals surface area contributed by atoms with Crippen LogP contribution in [0.15, 0.2) is 43.0 Å². The molecule has 1 aliphatic carbocycles. The van der Waals surface area contributed by atoms with Crippen LogP contribution >= 0.6 is 0 Å². The minimum Gasteiger partial charge on any atom is -0.357 e. The predicted octanol–water partition coefficient (Wildman–Crippen LogP) is 3.77. The molecule has 0 aromatic heterocycles. The Morgan fingerprint density at radius 3 is 2.78 bits per heavy atom. The summed E-state index contributed by atoms with van der Waals surface area (Å²) in [5.41, 5.74) is 7.73. The van der Waals surface area contributed by atoms with Gasteiger partial charge in [0, 0.05) is 6.04 Å². The van der Waals surface area contributed by atoms with Crippen molar-refractivity contribution < 1.29 is 4.74 Å². The molecule has 2 heterocycles. The zero-order valence-corrected chi connectivity index (χ0v) is 13.9. The summed E-state index contributed by atoms with van der Waals surface area (Å²) in [6.07, 6.45) is 10.1. The molecule has 1 aromatic rings. The van der Waals surface area contributed by atoms with Gasteiger partial charge in [0.1, 0.15) is 5.72 Å². The number of hydrogen-bond acceptors (Lipinski definition) is 3. The number of piperidine rings is 1. The van der Waals surface area contributed by atoms with Gasteiger partial charge < -0.3 is 10.5 Å². The molecule has 23 heavy (non-hydrogen) atoms. The lowest BCUT2D eigenvalue weighted by atomic mass is 9.73. The molecule has 3 fully saturated rings. The van der Waals surface area contributed by atoms with Gasteiger partial charge in [-0.05, 0) is 50.5 Å². The van der Waals surface area contributed by atoms with E-state index in [2.05, 4.69) is 47.9 Å². The van der Waals surface area contributed by atoms with E-state index in [9.17, 15) is 0 Å². The summed E-state index contributed by atoms with van der Waals surface area (Å²) in [4.78, 5) is 2.75. The van der Waals surface area contributed by atoms with Gasteiger partial charge in [-0.3, -0.25) is 4.90 Å². The van der Waals surface area contributed by atoms with Crippen LogP contribution in [0.2, 0.25) is 0 Å². The number of hydrogen-bond donors (Lipinski definition) is 1. The Bertz CT molecular complexity index is 574. The Morgan fingerprint density at radius 1 is 1.22 bits per heavy atom. The van der Waals surface area contributed by atoms with Crippen molar-refractivity contribution in [1.29, 1.82) is 0 Å². The SMILES string of the molecule is C=CC[C@@H]1CCC[C@@]23CCC[C@]2(N)OC[C@@H](c2ccccc2)N13. The monoisotopic (exact) mass is 312 g/mol. The van der Waals surface area contributed by atoms with Crippen molar-refractivity contribution >= 4 is 0 Å². The molecule has 3 nitrogen and oxygen atoms in total. The summed E-state index contributed by atoms with van der Waals surface area (Å²) in [6, 6.07) is 11.7. The Kier molecular flexibility index (Phi) is 3.83. The molecule has 0 bridgehead atoms. The van der Waals surface area contributed by atoms with E-state index in [0.717, 1.165) is 12.8 Å². The highest BCUT2D eigenvalue weighted by Crippen LogP contribution is 2.55. The lowest BCUT2D eigenvalue weighted by Crippen LogP contribution is -2.74. The van der Waals surface area contributed by atoms with Crippen molar-refractivity contribution in [2.24, 2.45) is 5.73 Å². The molecule has 0 radical (unpaired) electrons. The molecule has 3 heteroatoms. The van der Waals surface area contributed by atoms with Gasteiger partial charge in [0.25, 0.3) is 0 Å². The van der Waals surface area contributed by atoms with Crippen LogP contribution in [0.5, 0.6) is 0 Å². The molecule has 124 valence electrons. The Morgan fingerprint density at radius 2 is 2.00 bits per heavy atom. The molecular weight excluding hydrogens is 284 g/mol. The van der Waals surface area contributed by atoms with E-state index >= 15 is 0 Å². The molecule has 1 aromatic carbocycles. The third kappa shape index (κ3) is 2.21. The van der Waals surface area contributed by atoms with Crippen LogP contribution in [0, 0.1) is 0 Å². The minimum absolute atomic E-state index is 0.0116. The first-order chi connectivity index (χ1) is 11.2. The van der Waals surface area contributed by atoms with Crippen molar-refractivity contribution in [3.8, 4) is 0 Å². The molecule has 0 amide bonds. The standard InChI is InChI=1S/C20H28N2O/c1-2-8-17-11-6-12-19-13-7-14-20(19,21)23-15-18(22(17)19)16-9-4-3-5-10-16/h2-5,9-10,17-18H,1,6-8,11-15,21H2/t17-,18+,19-,20+/m1/s1. The van der Waals surface area contributed by atoms with Gasteiger partial charge >= 0.3 is 0 Å². The van der Waals surface area contributed by atoms with Crippen LogP contribution in [-0.4, -0.2) is 28.8 Å². The van der Waals surface area contributed by atoms with E-state index in [-0.39, 0.29) is 5.54 Å². The summed E-state index contributed by atoms with van der Waals surface area (Å²) >= 11 is 0. The second-order valence-electron chi connectivity index (χ2n) is 7.49. The predicted molar refractivity (Wildman–Crippen MR) is 92.9 cm³/mol. The van der Waals surface area contributed by atoms with Crippen LogP contribution < -0.4 is 5.73 Å². The molecular formula is C20H28N2O. The van der Waals surface area contributed by atoms with Gasteiger partial charge in [0.15, 0.2) is 0 Å². The Labute approximate surface area is 139 Å². The lowest BCUT2D eigenvalue weighted by molar-refractivity contribution is -0.231. The van der Waals surface area contributed by atoms with E-state index in [0.29, 0.717) is 18.7 Å². The van der Waals surface area contributed by atoms with E-state index in [1.165, 1.54) is 37.7 Å². The van der Waals surface area contributed by atoms with Crippen molar-refractivity contribution in [1.82, 2.24) is 4.90 Å². The second kappa shape index (κ2) is 5.73. The smallest absolute Gasteiger partial charge is 0.135 e. The summed E-state index contributed by atoms with van der Waals surface area (Å²) in [6.45, 7) is 4.71. The van der Waals surface area contributed by atoms with Gasteiger partial charge in [0.2, 0.25) is 0 Å². The lowest BCUT2D eigenvalue weighted by Gasteiger charge is -2.62. The number of rotatable bonds is 3. The first-order valence-electron chi connectivity index (χ1n) is 9.07. The maximum Gasteiger partial charge on any atom is 0.135 e. The summed E-state index contributed by atoms with van der Waals surface area (Å²) in [7, 11) is 0. The molecule has 2 aliphatic heterocycles. The van der Waals surface area contributed by atoms with Crippen LogP contribution in [0.3, 0.4) is 0 Å². The summed E-state index contributed by atoms with van der Waals surface area (Å²) in [5, 5.41) is 0.